The van der Waals surface area contributed by atoms with Crippen molar-refractivity contribution in [2.24, 2.45) is 5.73 Å². The maximum Gasteiger partial charge on any atom is 0.0909 e. The lowest BCUT2D eigenvalue weighted by atomic mass is 9.96. The van der Waals surface area contributed by atoms with E-state index in [-0.39, 0.29) is 0 Å². The Morgan fingerprint density at radius 1 is 0.875 bits per heavy atom. The van der Waals surface area contributed by atoms with Gasteiger partial charge in [0.15, 0.2) is 0 Å². The van der Waals surface area contributed by atoms with Gasteiger partial charge in [-0.3, -0.25) is 0 Å². The van der Waals surface area contributed by atoms with E-state index in [0.29, 0.717) is 0 Å². The molecule has 0 amide bonds. The quantitative estimate of drug-likeness (QED) is 0.754. The van der Waals surface area contributed by atoms with E-state index in [0.717, 1.165) is 5.56 Å². The zero-order valence-corrected chi connectivity index (χ0v) is 9.62. The lowest BCUT2D eigenvalue weighted by Gasteiger charge is -2.10. The predicted octanol–water partition coefficient (Wildman–Crippen LogP) is 3.32. The van der Waals surface area contributed by atoms with Crippen molar-refractivity contribution >= 4 is 0 Å². The van der Waals surface area contributed by atoms with Crippen molar-refractivity contribution < 1.29 is 0 Å². The monoisotopic (exact) mass is 209 g/mol. The van der Waals surface area contributed by atoms with Crippen LogP contribution >= 0.6 is 0 Å². The molecule has 1 heteroatoms. The number of rotatable bonds is 2. The van der Waals surface area contributed by atoms with Crippen LogP contribution in [0.2, 0.25) is 0 Å². The molecule has 0 aliphatic rings. The molecule has 0 aliphatic heterocycles. The highest BCUT2D eigenvalue weighted by atomic mass is 14.5. The normalized spacial score (nSPS) is 10.4. The van der Waals surface area contributed by atoms with Crippen LogP contribution in [0.25, 0.3) is 11.1 Å². The second-order valence-corrected chi connectivity index (χ2v) is 4.00. The Hall–Kier alpha value is -1.60. The number of aryl methyl sites for hydroxylation is 2. The smallest absolute Gasteiger partial charge is 0.0909 e. The van der Waals surface area contributed by atoms with Crippen molar-refractivity contribution in [3.8, 4) is 11.1 Å². The van der Waals surface area contributed by atoms with Crippen LogP contribution < -0.4 is 5.73 Å². The Balaban J connectivity index is 2.53. The van der Waals surface area contributed by atoms with Crippen molar-refractivity contribution in [1.82, 2.24) is 0 Å². The molecule has 0 heterocycles. The predicted molar refractivity (Wildman–Crippen MR) is 67.9 cm³/mol. The SMILES string of the molecule is Cc1cc(-c2ccccc2)cc(C)c1[C]N. The minimum atomic E-state index is 1.01. The van der Waals surface area contributed by atoms with Gasteiger partial charge in [0.2, 0.25) is 0 Å². The molecular weight excluding hydrogens is 194 g/mol. The van der Waals surface area contributed by atoms with Crippen LogP contribution in [0.5, 0.6) is 0 Å². The van der Waals surface area contributed by atoms with Gasteiger partial charge in [-0.25, -0.2) is 0 Å². The largest absolute Gasteiger partial charge is 0.318 e. The summed E-state index contributed by atoms with van der Waals surface area (Å²) in [4.78, 5) is 0. The number of hydrogen-bond acceptors (Lipinski definition) is 1. The van der Waals surface area contributed by atoms with Gasteiger partial charge in [-0.2, -0.15) is 0 Å². The van der Waals surface area contributed by atoms with E-state index < -0.39 is 0 Å². The Bertz CT molecular complexity index is 463. The van der Waals surface area contributed by atoms with Crippen molar-refractivity contribution in [3.05, 3.63) is 65.7 Å². The fraction of sp³-hybridized carbons (Fsp3) is 0.133. The first-order valence-corrected chi connectivity index (χ1v) is 5.35. The highest BCUT2D eigenvalue weighted by Gasteiger charge is 2.05. The Labute approximate surface area is 96.9 Å². The molecule has 0 aliphatic carbocycles. The lowest BCUT2D eigenvalue weighted by Crippen LogP contribution is -1.99. The third-order valence-electron chi connectivity index (χ3n) is 2.78. The summed E-state index contributed by atoms with van der Waals surface area (Å²) in [6, 6.07) is 14.7. The number of nitrogens with two attached hydrogens (primary N) is 1. The number of hydrogen-bond donors (Lipinski definition) is 1. The summed E-state index contributed by atoms with van der Waals surface area (Å²) in [6.45, 7) is 6.87. The summed E-state index contributed by atoms with van der Waals surface area (Å²) in [5, 5.41) is 0. The third-order valence-corrected chi connectivity index (χ3v) is 2.78. The molecule has 0 fully saturated rings. The fourth-order valence-electron chi connectivity index (χ4n) is 1.99. The molecule has 1 nitrogen and oxygen atoms in total. The van der Waals surface area contributed by atoms with Gasteiger partial charge in [-0.05, 0) is 41.7 Å². The van der Waals surface area contributed by atoms with Crippen LogP contribution in [0.4, 0.5) is 0 Å². The average molecular weight is 209 g/mol. The zero-order chi connectivity index (χ0) is 11.5. The summed E-state index contributed by atoms with van der Waals surface area (Å²) in [5.41, 5.74) is 11.3. The molecule has 80 valence electrons. The molecular formula is C15H15N. The lowest BCUT2D eigenvalue weighted by molar-refractivity contribution is 1.23. The molecule has 0 saturated carbocycles. The maximum absolute atomic E-state index is 5.49. The highest BCUT2D eigenvalue weighted by molar-refractivity contribution is 5.66. The molecule has 2 radical (unpaired) electrons. The maximum atomic E-state index is 5.49. The molecule has 0 aromatic heterocycles. The summed E-state index contributed by atoms with van der Waals surface area (Å²) in [6.07, 6.45) is 0. The van der Waals surface area contributed by atoms with E-state index in [2.05, 4.69) is 56.8 Å². The minimum absolute atomic E-state index is 1.01. The first-order valence-electron chi connectivity index (χ1n) is 5.35. The summed E-state index contributed by atoms with van der Waals surface area (Å²) < 4.78 is 0. The number of benzene rings is 2. The first kappa shape index (κ1) is 10.9. The van der Waals surface area contributed by atoms with Crippen LogP contribution in [0.1, 0.15) is 16.7 Å². The highest BCUT2D eigenvalue weighted by Crippen LogP contribution is 2.25. The molecule has 2 aromatic rings. The molecule has 16 heavy (non-hydrogen) atoms. The average Bonchev–Trinajstić information content (AvgIpc) is 2.30. The van der Waals surface area contributed by atoms with Crippen LogP contribution in [-0.2, 0) is 0 Å². The van der Waals surface area contributed by atoms with Gasteiger partial charge in [0.05, 0.1) is 6.54 Å². The summed E-state index contributed by atoms with van der Waals surface area (Å²) >= 11 is 0. The van der Waals surface area contributed by atoms with Gasteiger partial charge in [0.25, 0.3) is 0 Å². The molecule has 0 unspecified atom stereocenters. The van der Waals surface area contributed by atoms with E-state index in [4.69, 9.17) is 5.73 Å². The van der Waals surface area contributed by atoms with Gasteiger partial charge in [0.1, 0.15) is 0 Å². The second kappa shape index (κ2) is 4.50. The minimum Gasteiger partial charge on any atom is -0.318 e. The van der Waals surface area contributed by atoms with Gasteiger partial charge in [-0.1, -0.05) is 42.5 Å². The van der Waals surface area contributed by atoms with Crippen LogP contribution in [0.3, 0.4) is 0 Å². The topological polar surface area (TPSA) is 26.0 Å². The van der Waals surface area contributed by atoms with E-state index in [1.54, 1.807) is 0 Å². The molecule has 0 saturated heterocycles. The van der Waals surface area contributed by atoms with Crippen molar-refractivity contribution in [3.63, 3.8) is 0 Å². The van der Waals surface area contributed by atoms with E-state index >= 15 is 0 Å². The Kier molecular flexibility index (Phi) is 3.07. The van der Waals surface area contributed by atoms with Crippen LogP contribution in [-0.4, -0.2) is 0 Å². The van der Waals surface area contributed by atoms with Gasteiger partial charge >= 0.3 is 0 Å². The molecule has 0 atom stereocenters. The molecule has 2 rings (SSSR count). The van der Waals surface area contributed by atoms with E-state index in [9.17, 15) is 0 Å². The van der Waals surface area contributed by atoms with Gasteiger partial charge in [-0.15, -0.1) is 0 Å². The van der Waals surface area contributed by atoms with Crippen LogP contribution in [0, 0.1) is 20.4 Å². The van der Waals surface area contributed by atoms with Crippen molar-refractivity contribution in [2.45, 2.75) is 13.8 Å². The Morgan fingerprint density at radius 2 is 1.44 bits per heavy atom. The van der Waals surface area contributed by atoms with Crippen molar-refractivity contribution in [1.29, 1.82) is 0 Å². The standard InChI is InChI=1S/C15H15N/c1-11-8-14(9-12(2)15(11)10-16)13-6-4-3-5-7-13/h3-9H,16H2,1-2H3. The molecule has 2 N–H and O–H groups in total. The fourth-order valence-corrected chi connectivity index (χ4v) is 1.99. The summed E-state index contributed by atoms with van der Waals surface area (Å²) in [7, 11) is 0. The molecule has 0 spiro atoms. The van der Waals surface area contributed by atoms with E-state index in [1.807, 2.05) is 6.07 Å². The Morgan fingerprint density at radius 3 is 1.94 bits per heavy atom. The second-order valence-electron chi connectivity index (χ2n) is 4.00. The summed E-state index contributed by atoms with van der Waals surface area (Å²) in [5.74, 6) is 0. The van der Waals surface area contributed by atoms with E-state index in [1.165, 1.54) is 22.3 Å². The molecule has 0 bridgehead atoms. The van der Waals surface area contributed by atoms with Crippen LogP contribution in [0.15, 0.2) is 42.5 Å². The molecule has 2 aromatic carbocycles. The third kappa shape index (κ3) is 2.00. The van der Waals surface area contributed by atoms with Gasteiger partial charge < -0.3 is 5.73 Å². The first-order chi connectivity index (χ1) is 7.72. The van der Waals surface area contributed by atoms with Crippen molar-refractivity contribution in [2.75, 3.05) is 0 Å². The van der Waals surface area contributed by atoms with Gasteiger partial charge in [0, 0.05) is 0 Å². The zero-order valence-electron chi connectivity index (χ0n) is 9.62.